The first-order valence-corrected chi connectivity index (χ1v) is 7.56. The van der Waals surface area contributed by atoms with E-state index in [-0.39, 0.29) is 29.4 Å². The van der Waals surface area contributed by atoms with Crippen molar-refractivity contribution in [3.8, 4) is 0 Å². The fourth-order valence-corrected chi connectivity index (χ4v) is 4.53. The van der Waals surface area contributed by atoms with E-state index in [9.17, 15) is 14.4 Å². The van der Waals surface area contributed by atoms with Crippen molar-refractivity contribution in [3.05, 3.63) is 29.8 Å². The fraction of sp³-hybridized carbons (Fsp3) is 0.471. The molecular weight excluding hydrogens is 266 g/mol. The van der Waals surface area contributed by atoms with E-state index in [0.717, 1.165) is 19.3 Å². The van der Waals surface area contributed by atoms with Gasteiger partial charge in [0.2, 0.25) is 11.8 Å². The Hall–Kier alpha value is -1.97. The van der Waals surface area contributed by atoms with Crippen LogP contribution in [-0.4, -0.2) is 17.6 Å². The Balaban J connectivity index is 1.73. The lowest BCUT2D eigenvalue weighted by atomic mass is 9.81. The molecule has 4 atom stereocenters. The maximum absolute atomic E-state index is 12.7. The van der Waals surface area contributed by atoms with Crippen LogP contribution in [-0.2, 0) is 9.59 Å². The van der Waals surface area contributed by atoms with E-state index >= 15 is 0 Å². The number of fused-ring (bicyclic) bond motifs is 5. The molecule has 3 fully saturated rings. The van der Waals surface area contributed by atoms with Crippen LogP contribution in [0.1, 0.15) is 36.5 Å². The predicted molar refractivity (Wildman–Crippen MR) is 76.8 cm³/mol. The predicted octanol–water partition coefficient (Wildman–Crippen LogP) is 2.42. The molecule has 4 nitrogen and oxygen atoms in total. The summed E-state index contributed by atoms with van der Waals surface area (Å²) in [6.45, 7) is 1.49. The Morgan fingerprint density at radius 1 is 1.10 bits per heavy atom. The van der Waals surface area contributed by atoms with Gasteiger partial charge in [0.1, 0.15) is 0 Å². The molecule has 2 aliphatic carbocycles. The smallest absolute Gasteiger partial charge is 0.237 e. The molecule has 1 aromatic carbocycles. The standard InChI is InChI=1S/C17H17NO3/c1-9(19)10-3-2-4-13(8-10)18-16(20)14-11-5-6-12(7-11)15(14)17(18)21/h2-4,8,11-12,14-15H,5-7H2,1H3. The highest BCUT2D eigenvalue weighted by atomic mass is 16.2. The van der Waals surface area contributed by atoms with Gasteiger partial charge in [-0.1, -0.05) is 12.1 Å². The number of carbonyl (C=O) groups excluding carboxylic acids is 3. The van der Waals surface area contributed by atoms with Crippen LogP contribution in [0, 0.1) is 23.7 Å². The first kappa shape index (κ1) is 12.7. The highest BCUT2D eigenvalue weighted by molar-refractivity contribution is 6.22. The summed E-state index contributed by atoms with van der Waals surface area (Å²) in [7, 11) is 0. The zero-order chi connectivity index (χ0) is 14.7. The second kappa shape index (κ2) is 4.26. The summed E-state index contributed by atoms with van der Waals surface area (Å²) in [5.74, 6) is 0.372. The molecule has 4 unspecified atom stereocenters. The third kappa shape index (κ3) is 1.65. The highest BCUT2D eigenvalue weighted by Crippen LogP contribution is 2.56. The number of benzene rings is 1. The monoisotopic (exact) mass is 283 g/mol. The summed E-state index contributed by atoms with van der Waals surface area (Å²) in [4.78, 5) is 38.2. The maximum Gasteiger partial charge on any atom is 0.237 e. The molecule has 21 heavy (non-hydrogen) atoms. The van der Waals surface area contributed by atoms with Crippen molar-refractivity contribution in [1.29, 1.82) is 0 Å². The number of Topliss-reactive ketones (excluding diaryl/α,β-unsaturated/α-hetero) is 1. The number of nitrogens with zero attached hydrogens (tertiary/aromatic N) is 1. The summed E-state index contributed by atoms with van der Waals surface area (Å²) in [6.07, 6.45) is 3.19. The minimum absolute atomic E-state index is 0.0575. The molecule has 108 valence electrons. The molecule has 2 amide bonds. The average Bonchev–Trinajstić information content (AvgIpc) is 3.13. The van der Waals surface area contributed by atoms with Gasteiger partial charge in [-0.3, -0.25) is 19.3 Å². The molecule has 3 aliphatic rings. The van der Waals surface area contributed by atoms with Gasteiger partial charge in [-0.25, -0.2) is 0 Å². The first-order valence-electron chi connectivity index (χ1n) is 7.56. The number of imide groups is 1. The third-order valence-electron chi connectivity index (χ3n) is 5.44. The quantitative estimate of drug-likeness (QED) is 0.618. The molecule has 0 radical (unpaired) electrons. The number of rotatable bonds is 2. The lowest BCUT2D eigenvalue weighted by molar-refractivity contribution is -0.123. The summed E-state index contributed by atoms with van der Waals surface area (Å²) in [5, 5.41) is 0. The molecule has 0 aromatic heterocycles. The number of ketones is 1. The summed E-state index contributed by atoms with van der Waals surface area (Å²) in [6, 6.07) is 6.84. The average molecular weight is 283 g/mol. The molecule has 1 saturated heterocycles. The molecule has 0 spiro atoms. The Morgan fingerprint density at radius 2 is 1.71 bits per heavy atom. The molecule has 2 bridgehead atoms. The van der Waals surface area contributed by atoms with Gasteiger partial charge in [0.25, 0.3) is 0 Å². The van der Waals surface area contributed by atoms with Crippen LogP contribution in [0.3, 0.4) is 0 Å². The first-order chi connectivity index (χ1) is 10.1. The molecule has 1 aromatic rings. The number of hydrogen-bond donors (Lipinski definition) is 0. The van der Waals surface area contributed by atoms with Crippen LogP contribution in [0.25, 0.3) is 0 Å². The van der Waals surface area contributed by atoms with E-state index in [0.29, 0.717) is 23.1 Å². The number of amides is 2. The maximum atomic E-state index is 12.7. The van der Waals surface area contributed by atoms with Gasteiger partial charge in [-0.2, -0.15) is 0 Å². The molecule has 1 aliphatic heterocycles. The Morgan fingerprint density at radius 3 is 2.29 bits per heavy atom. The zero-order valence-corrected chi connectivity index (χ0v) is 11.9. The van der Waals surface area contributed by atoms with Crippen molar-refractivity contribution in [2.75, 3.05) is 4.90 Å². The van der Waals surface area contributed by atoms with E-state index in [1.54, 1.807) is 24.3 Å². The van der Waals surface area contributed by atoms with Gasteiger partial charge < -0.3 is 0 Å². The highest BCUT2D eigenvalue weighted by Gasteiger charge is 2.61. The van der Waals surface area contributed by atoms with Crippen LogP contribution in [0.5, 0.6) is 0 Å². The van der Waals surface area contributed by atoms with E-state index in [1.165, 1.54) is 11.8 Å². The molecule has 2 saturated carbocycles. The molecule has 1 heterocycles. The number of carbonyl (C=O) groups is 3. The molecule has 0 N–H and O–H groups in total. The van der Waals surface area contributed by atoms with Crippen LogP contribution in [0.15, 0.2) is 24.3 Å². The van der Waals surface area contributed by atoms with Gasteiger partial charge in [0.15, 0.2) is 5.78 Å². The van der Waals surface area contributed by atoms with Crippen LogP contribution in [0.4, 0.5) is 5.69 Å². The van der Waals surface area contributed by atoms with Gasteiger partial charge >= 0.3 is 0 Å². The summed E-state index contributed by atoms with van der Waals surface area (Å²) < 4.78 is 0. The van der Waals surface area contributed by atoms with Crippen LogP contribution < -0.4 is 4.90 Å². The Bertz CT molecular complexity index is 638. The third-order valence-corrected chi connectivity index (χ3v) is 5.44. The van der Waals surface area contributed by atoms with Gasteiger partial charge in [-0.15, -0.1) is 0 Å². The number of anilines is 1. The van der Waals surface area contributed by atoms with E-state index < -0.39 is 0 Å². The SMILES string of the molecule is CC(=O)c1cccc(N2C(=O)C3C4CCC(C4)C3C2=O)c1. The van der Waals surface area contributed by atoms with Crippen LogP contribution >= 0.6 is 0 Å². The largest absolute Gasteiger partial charge is 0.295 e. The Labute approximate surface area is 123 Å². The number of hydrogen-bond acceptors (Lipinski definition) is 3. The second-order valence-electron chi connectivity index (χ2n) is 6.50. The van der Waals surface area contributed by atoms with Crippen molar-refractivity contribution >= 4 is 23.3 Å². The molecule has 4 heteroatoms. The van der Waals surface area contributed by atoms with Crippen molar-refractivity contribution in [2.45, 2.75) is 26.2 Å². The lowest BCUT2D eigenvalue weighted by Crippen LogP contribution is -2.32. The van der Waals surface area contributed by atoms with E-state index in [1.807, 2.05) is 0 Å². The fourth-order valence-electron chi connectivity index (χ4n) is 4.53. The van der Waals surface area contributed by atoms with Gasteiger partial charge in [0, 0.05) is 5.56 Å². The van der Waals surface area contributed by atoms with Crippen LogP contribution in [0.2, 0.25) is 0 Å². The minimum atomic E-state index is -0.114. The Kier molecular flexibility index (Phi) is 2.59. The van der Waals surface area contributed by atoms with E-state index in [4.69, 9.17) is 0 Å². The zero-order valence-electron chi connectivity index (χ0n) is 11.9. The van der Waals surface area contributed by atoms with Gasteiger partial charge in [0.05, 0.1) is 17.5 Å². The van der Waals surface area contributed by atoms with Crippen molar-refractivity contribution < 1.29 is 14.4 Å². The summed E-state index contributed by atoms with van der Waals surface area (Å²) in [5.41, 5.74) is 1.08. The topological polar surface area (TPSA) is 54.5 Å². The second-order valence-corrected chi connectivity index (χ2v) is 6.50. The normalized spacial score (nSPS) is 33.7. The molecular formula is C17H17NO3. The van der Waals surface area contributed by atoms with Crippen molar-refractivity contribution in [1.82, 2.24) is 0 Å². The molecule has 4 rings (SSSR count). The van der Waals surface area contributed by atoms with Crippen molar-refractivity contribution in [3.63, 3.8) is 0 Å². The van der Waals surface area contributed by atoms with Crippen molar-refractivity contribution in [2.24, 2.45) is 23.7 Å². The van der Waals surface area contributed by atoms with E-state index in [2.05, 4.69) is 0 Å². The minimum Gasteiger partial charge on any atom is -0.295 e. The summed E-state index contributed by atoms with van der Waals surface area (Å²) >= 11 is 0. The van der Waals surface area contributed by atoms with Gasteiger partial charge in [-0.05, 0) is 50.2 Å². The lowest BCUT2D eigenvalue weighted by Gasteiger charge is -2.19.